The zero-order valence-corrected chi connectivity index (χ0v) is 15.6. The summed E-state index contributed by atoms with van der Waals surface area (Å²) in [5.41, 5.74) is 5.93. The lowest BCUT2D eigenvalue weighted by atomic mass is 10.1. The van der Waals surface area contributed by atoms with Gasteiger partial charge >= 0.3 is 0 Å². The first kappa shape index (κ1) is 20.6. The van der Waals surface area contributed by atoms with E-state index in [-0.39, 0.29) is 29.2 Å². The van der Waals surface area contributed by atoms with Gasteiger partial charge in [-0.25, -0.2) is 8.78 Å². The van der Waals surface area contributed by atoms with Gasteiger partial charge in [-0.2, -0.15) is 0 Å². The summed E-state index contributed by atoms with van der Waals surface area (Å²) < 4.78 is 25.7. The van der Waals surface area contributed by atoms with Crippen molar-refractivity contribution in [3.63, 3.8) is 0 Å². The van der Waals surface area contributed by atoms with E-state index in [1.807, 2.05) is 0 Å². The molecule has 142 valence electrons. The number of nitrogens with zero attached hydrogens (tertiary/aromatic N) is 2. The number of pyridine rings is 1. The molecule has 1 aromatic heterocycles. The predicted molar refractivity (Wildman–Crippen MR) is 104 cm³/mol. The van der Waals surface area contributed by atoms with Crippen LogP contribution in [0.25, 0.3) is 0 Å². The second-order valence-electron chi connectivity index (χ2n) is 5.97. The summed E-state index contributed by atoms with van der Waals surface area (Å²) in [5.74, 6) is 6.59. The molecule has 0 atom stereocenters. The van der Waals surface area contributed by atoms with Crippen molar-refractivity contribution in [2.24, 2.45) is 16.6 Å². The van der Waals surface area contributed by atoms with Crippen molar-refractivity contribution >= 4 is 23.5 Å². The summed E-state index contributed by atoms with van der Waals surface area (Å²) in [6.07, 6.45) is 2.17. The van der Waals surface area contributed by atoms with Crippen molar-refractivity contribution in [1.29, 1.82) is 5.41 Å². The van der Waals surface area contributed by atoms with Crippen LogP contribution in [0.4, 0.5) is 8.78 Å². The number of allylic oxidation sites excluding steroid dienone is 2. The smallest absolute Gasteiger partial charge is 0.278 e. The molecule has 1 saturated carbocycles. The first-order valence-corrected chi connectivity index (χ1v) is 8.59. The minimum absolute atomic E-state index is 0.00921. The van der Waals surface area contributed by atoms with E-state index in [4.69, 9.17) is 22.7 Å². The Kier molecular flexibility index (Phi) is 7.08. The fourth-order valence-corrected chi connectivity index (χ4v) is 2.37. The maximum Gasteiger partial charge on any atom is 0.278 e. The highest BCUT2D eigenvalue weighted by atomic mass is 35.5. The number of halogens is 3. The molecule has 0 unspecified atom stereocenters. The number of nitrogens with one attached hydrogen (secondary N) is 2. The Hall–Kier alpha value is -2.72. The number of nitrogens with two attached hydrogens (primary N) is 1. The molecule has 0 spiro atoms. The summed E-state index contributed by atoms with van der Waals surface area (Å²) in [4.78, 5) is 7.89. The molecule has 0 bridgehead atoms. The molecule has 8 heteroatoms. The maximum atomic E-state index is 12.8. The SMILES string of the molecule is C=C(NCC(=N)c1ncc(C#CC2CC2)cc1Cl)C(C=NC)=C(N)C(F)F. The van der Waals surface area contributed by atoms with E-state index >= 15 is 0 Å². The zero-order chi connectivity index (χ0) is 20.0. The molecular formula is C19H20ClF2N5. The molecule has 0 amide bonds. The third kappa shape index (κ3) is 5.90. The molecule has 1 fully saturated rings. The Morgan fingerprint density at radius 3 is 2.85 bits per heavy atom. The predicted octanol–water partition coefficient (Wildman–Crippen LogP) is 3.15. The molecule has 2 rings (SSSR count). The van der Waals surface area contributed by atoms with E-state index in [0.29, 0.717) is 16.5 Å². The second kappa shape index (κ2) is 9.28. The van der Waals surface area contributed by atoms with Crippen molar-refractivity contribution in [2.45, 2.75) is 19.3 Å². The summed E-state index contributed by atoms with van der Waals surface area (Å²) in [7, 11) is 1.44. The molecule has 1 aliphatic carbocycles. The van der Waals surface area contributed by atoms with Crippen LogP contribution in [0.5, 0.6) is 0 Å². The Bertz CT molecular complexity index is 861. The van der Waals surface area contributed by atoms with Gasteiger partial charge in [0, 0.05) is 42.2 Å². The fraction of sp³-hybridized carbons (Fsp3) is 0.316. The molecule has 0 radical (unpaired) electrons. The third-order valence-corrected chi connectivity index (χ3v) is 4.02. The number of aliphatic imine (C=N–C) groups is 1. The van der Waals surface area contributed by atoms with Crippen LogP contribution in [0.15, 0.2) is 40.8 Å². The summed E-state index contributed by atoms with van der Waals surface area (Å²) in [5, 5.41) is 11.2. The molecule has 27 heavy (non-hydrogen) atoms. The molecule has 0 saturated heterocycles. The normalized spacial score (nSPS) is 14.6. The van der Waals surface area contributed by atoms with Crippen LogP contribution in [0, 0.1) is 23.2 Å². The van der Waals surface area contributed by atoms with E-state index < -0.39 is 12.1 Å². The highest BCUT2D eigenvalue weighted by Crippen LogP contribution is 2.27. The number of hydrogen-bond donors (Lipinski definition) is 3. The average Bonchev–Trinajstić information content (AvgIpc) is 3.46. The summed E-state index contributed by atoms with van der Waals surface area (Å²) >= 11 is 6.20. The number of hydrogen-bond acceptors (Lipinski definition) is 5. The van der Waals surface area contributed by atoms with Gasteiger partial charge < -0.3 is 16.5 Å². The number of alkyl halides is 2. The maximum absolute atomic E-state index is 12.8. The van der Waals surface area contributed by atoms with Gasteiger partial charge in [0.15, 0.2) is 0 Å². The standard InChI is InChI=1S/C19H20ClF2N5/c1-11(14(9-25-2)17(24)19(21)22)26-10-16(23)18-15(20)7-13(8-27-18)6-5-12-3-4-12/h7-9,12,19,23,26H,1,3-4,10,24H2,2H3. The lowest BCUT2D eigenvalue weighted by molar-refractivity contribution is 0.187. The van der Waals surface area contributed by atoms with Gasteiger partial charge in [-0.3, -0.25) is 9.98 Å². The molecule has 1 aliphatic rings. The van der Waals surface area contributed by atoms with Crippen LogP contribution in [0.2, 0.25) is 5.02 Å². The topological polar surface area (TPSA) is 87.2 Å². The number of rotatable bonds is 7. The van der Waals surface area contributed by atoms with E-state index in [9.17, 15) is 8.78 Å². The van der Waals surface area contributed by atoms with Crippen LogP contribution in [0.1, 0.15) is 24.1 Å². The average molecular weight is 392 g/mol. The van der Waals surface area contributed by atoms with Crippen molar-refractivity contribution < 1.29 is 8.78 Å². The Labute approximate surface area is 161 Å². The van der Waals surface area contributed by atoms with Gasteiger partial charge in [0.1, 0.15) is 5.69 Å². The Balaban J connectivity index is 2.05. The van der Waals surface area contributed by atoms with E-state index in [1.165, 1.54) is 13.3 Å². The highest BCUT2D eigenvalue weighted by Gasteiger charge is 2.18. The van der Waals surface area contributed by atoms with Crippen molar-refractivity contribution in [3.05, 3.63) is 52.1 Å². The Morgan fingerprint density at radius 1 is 1.59 bits per heavy atom. The molecule has 4 N–H and O–H groups in total. The van der Waals surface area contributed by atoms with E-state index in [2.05, 4.69) is 33.7 Å². The van der Waals surface area contributed by atoms with Crippen molar-refractivity contribution in [2.75, 3.05) is 13.6 Å². The molecule has 0 aliphatic heterocycles. The minimum atomic E-state index is -2.84. The van der Waals surface area contributed by atoms with Gasteiger partial charge in [0.2, 0.25) is 0 Å². The van der Waals surface area contributed by atoms with Crippen LogP contribution < -0.4 is 11.1 Å². The molecular weight excluding hydrogens is 372 g/mol. The highest BCUT2D eigenvalue weighted by molar-refractivity contribution is 6.34. The van der Waals surface area contributed by atoms with Gasteiger partial charge in [0.05, 0.1) is 23.0 Å². The third-order valence-electron chi connectivity index (χ3n) is 3.73. The minimum Gasteiger partial charge on any atom is -0.397 e. The first-order valence-electron chi connectivity index (χ1n) is 8.21. The number of aromatic nitrogens is 1. The molecule has 5 nitrogen and oxygen atoms in total. The van der Waals surface area contributed by atoms with Gasteiger partial charge in [0.25, 0.3) is 6.43 Å². The van der Waals surface area contributed by atoms with Gasteiger partial charge in [-0.1, -0.05) is 30.0 Å². The summed E-state index contributed by atoms with van der Waals surface area (Å²) in [6.45, 7) is 3.67. The molecule has 1 heterocycles. The van der Waals surface area contributed by atoms with Crippen LogP contribution in [-0.2, 0) is 0 Å². The lowest BCUT2D eigenvalue weighted by Gasteiger charge is -2.14. The monoisotopic (exact) mass is 391 g/mol. The van der Waals surface area contributed by atoms with Crippen molar-refractivity contribution in [3.8, 4) is 11.8 Å². The molecule has 1 aromatic rings. The Morgan fingerprint density at radius 2 is 2.30 bits per heavy atom. The first-order chi connectivity index (χ1) is 12.8. The summed E-state index contributed by atoms with van der Waals surface area (Å²) in [6, 6.07) is 1.66. The van der Waals surface area contributed by atoms with E-state index in [0.717, 1.165) is 12.8 Å². The fourth-order valence-electron chi connectivity index (χ4n) is 2.09. The van der Waals surface area contributed by atoms with Crippen LogP contribution in [0.3, 0.4) is 0 Å². The van der Waals surface area contributed by atoms with Crippen LogP contribution >= 0.6 is 11.6 Å². The van der Waals surface area contributed by atoms with Gasteiger partial charge in [-0.05, 0) is 18.9 Å². The zero-order valence-electron chi connectivity index (χ0n) is 14.8. The lowest BCUT2D eigenvalue weighted by Crippen LogP contribution is -2.26. The quantitative estimate of drug-likeness (QED) is 0.379. The van der Waals surface area contributed by atoms with E-state index in [1.54, 1.807) is 12.3 Å². The second-order valence-corrected chi connectivity index (χ2v) is 6.37. The molecule has 0 aromatic carbocycles. The van der Waals surface area contributed by atoms with Crippen molar-refractivity contribution in [1.82, 2.24) is 10.3 Å². The van der Waals surface area contributed by atoms with Gasteiger partial charge in [-0.15, -0.1) is 0 Å². The largest absolute Gasteiger partial charge is 0.397 e. The van der Waals surface area contributed by atoms with Crippen LogP contribution in [-0.4, -0.2) is 36.9 Å².